The number of aliphatic hydroxyl groups is 1. The van der Waals surface area contributed by atoms with Gasteiger partial charge in [-0.1, -0.05) is 70.5 Å². The molecule has 0 fully saturated rings. The number of nitrogens with zero attached hydrogens (tertiary/aromatic N) is 1. The molecular weight excluding hydrogens is 585 g/mol. The molecule has 4 aromatic rings. The molecule has 1 atom stereocenters. The summed E-state index contributed by atoms with van der Waals surface area (Å²) in [4.78, 5) is 20.7. The SMILES string of the molecule is C=C1C=C(O)c2cc(-c3nc([C@H](Cc4ccccc4)NC(=O)NCc4cc(Br)ccc4F)[nH]c3Cl)ccc2N1. The fourth-order valence-corrected chi connectivity index (χ4v) is 4.98. The number of aliphatic hydroxyl groups excluding tert-OH is 1. The summed E-state index contributed by atoms with van der Waals surface area (Å²) >= 11 is 9.90. The lowest BCUT2D eigenvalue weighted by molar-refractivity contribution is 0.236. The molecule has 2 amide bonds. The third-order valence-electron chi connectivity index (χ3n) is 6.22. The van der Waals surface area contributed by atoms with Crippen LogP contribution in [0.2, 0.25) is 5.15 Å². The monoisotopic (exact) mass is 607 g/mol. The molecule has 5 rings (SSSR count). The maximum Gasteiger partial charge on any atom is 0.315 e. The normalized spacial score (nSPS) is 13.2. The van der Waals surface area contributed by atoms with Gasteiger partial charge in [-0.05, 0) is 42.3 Å². The minimum atomic E-state index is -0.568. The van der Waals surface area contributed by atoms with Crippen molar-refractivity contribution >= 4 is 45.0 Å². The van der Waals surface area contributed by atoms with E-state index in [-0.39, 0.29) is 17.5 Å². The van der Waals surface area contributed by atoms with Crippen LogP contribution in [0.5, 0.6) is 0 Å². The average molecular weight is 609 g/mol. The van der Waals surface area contributed by atoms with Crippen LogP contribution in [0, 0.1) is 5.82 Å². The molecular formula is C29H24BrClFN5O2. The molecule has 5 N–H and O–H groups in total. The molecule has 7 nitrogen and oxygen atoms in total. The van der Waals surface area contributed by atoms with Crippen molar-refractivity contribution in [1.82, 2.24) is 20.6 Å². The summed E-state index contributed by atoms with van der Waals surface area (Å²) in [6.45, 7) is 3.84. The van der Waals surface area contributed by atoms with E-state index in [0.717, 1.165) is 11.3 Å². The number of halogens is 3. The van der Waals surface area contributed by atoms with Gasteiger partial charge in [0.25, 0.3) is 0 Å². The first-order valence-electron chi connectivity index (χ1n) is 12.1. The quantitative estimate of drug-likeness (QED) is 0.152. The second kappa shape index (κ2) is 11.3. The molecule has 10 heteroatoms. The first-order chi connectivity index (χ1) is 18.8. The number of anilines is 1. The van der Waals surface area contributed by atoms with Crippen LogP contribution in [0.4, 0.5) is 14.9 Å². The molecule has 3 aromatic carbocycles. The number of benzene rings is 3. The van der Waals surface area contributed by atoms with Crippen LogP contribution in [0.25, 0.3) is 17.0 Å². The topological polar surface area (TPSA) is 102 Å². The van der Waals surface area contributed by atoms with Crippen LogP contribution in [-0.4, -0.2) is 21.1 Å². The summed E-state index contributed by atoms with van der Waals surface area (Å²) in [7, 11) is 0. The number of urea groups is 1. The van der Waals surface area contributed by atoms with Crippen molar-refractivity contribution in [3.05, 3.63) is 123 Å². The summed E-state index contributed by atoms with van der Waals surface area (Å²) in [6.07, 6.45) is 1.98. The summed E-state index contributed by atoms with van der Waals surface area (Å²) in [5.41, 5.74) is 4.39. The highest BCUT2D eigenvalue weighted by molar-refractivity contribution is 9.10. The van der Waals surface area contributed by atoms with Gasteiger partial charge < -0.3 is 26.0 Å². The largest absolute Gasteiger partial charge is 0.507 e. The number of rotatable bonds is 7. The zero-order valence-corrected chi connectivity index (χ0v) is 22.9. The predicted molar refractivity (Wildman–Crippen MR) is 155 cm³/mol. The predicted octanol–water partition coefficient (Wildman–Crippen LogP) is 7.25. The average Bonchev–Trinajstić information content (AvgIpc) is 3.30. The highest BCUT2D eigenvalue weighted by atomic mass is 79.9. The lowest BCUT2D eigenvalue weighted by atomic mass is 10.0. The van der Waals surface area contributed by atoms with Crippen molar-refractivity contribution in [3.63, 3.8) is 0 Å². The molecule has 39 heavy (non-hydrogen) atoms. The molecule has 2 heterocycles. The van der Waals surface area contributed by atoms with E-state index in [2.05, 4.69) is 43.4 Å². The zero-order valence-electron chi connectivity index (χ0n) is 20.6. The second-order valence-corrected chi connectivity index (χ2v) is 10.3. The third-order valence-corrected chi connectivity index (χ3v) is 6.99. The molecule has 198 valence electrons. The molecule has 1 aliphatic rings. The summed E-state index contributed by atoms with van der Waals surface area (Å²) in [5, 5.41) is 19.5. The lowest BCUT2D eigenvalue weighted by Crippen LogP contribution is -2.39. The van der Waals surface area contributed by atoms with Gasteiger partial charge in [-0.15, -0.1) is 0 Å². The molecule has 0 aliphatic carbocycles. The maximum absolute atomic E-state index is 14.1. The van der Waals surface area contributed by atoms with Gasteiger partial charge in [-0.25, -0.2) is 14.2 Å². The maximum atomic E-state index is 14.1. The second-order valence-electron chi connectivity index (χ2n) is 9.03. The van der Waals surface area contributed by atoms with E-state index < -0.39 is 17.9 Å². The molecule has 0 radical (unpaired) electrons. The number of hydrogen-bond donors (Lipinski definition) is 5. The van der Waals surface area contributed by atoms with Crippen molar-refractivity contribution in [1.29, 1.82) is 0 Å². The van der Waals surface area contributed by atoms with Crippen LogP contribution in [0.15, 0.2) is 89.6 Å². The van der Waals surface area contributed by atoms with Gasteiger partial charge in [-0.2, -0.15) is 0 Å². The Morgan fingerprint density at radius 2 is 1.95 bits per heavy atom. The Balaban J connectivity index is 1.40. The number of aromatic amines is 1. The van der Waals surface area contributed by atoms with Gasteiger partial charge in [0.1, 0.15) is 28.2 Å². The smallest absolute Gasteiger partial charge is 0.315 e. The van der Waals surface area contributed by atoms with E-state index in [0.29, 0.717) is 44.8 Å². The molecule has 0 spiro atoms. The fourth-order valence-electron chi connectivity index (χ4n) is 4.32. The highest BCUT2D eigenvalue weighted by Gasteiger charge is 2.23. The molecule has 1 aliphatic heterocycles. The number of carbonyl (C=O) groups excluding carboxylic acids is 1. The van der Waals surface area contributed by atoms with E-state index in [9.17, 15) is 14.3 Å². The summed E-state index contributed by atoms with van der Waals surface area (Å²) < 4.78 is 14.9. The van der Waals surface area contributed by atoms with Gasteiger partial charge >= 0.3 is 6.03 Å². The van der Waals surface area contributed by atoms with E-state index in [4.69, 9.17) is 16.6 Å². The molecule has 0 saturated carbocycles. The van der Waals surface area contributed by atoms with E-state index >= 15 is 0 Å². The van der Waals surface area contributed by atoms with Crippen molar-refractivity contribution in [3.8, 4) is 11.3 Å². The number of carbonyl (C=O) groups is 1. The first-order valence-corrected chi connectivity index (χ1v) is 13.2. The molecule has 0 unspecified atom stereocenters. The van der Waals surface area contributed by atoms with Crippen LogP contribution in [0.1, 0.15) is 28.6 Å². The van der Waals surface area contributed by atoms with E-state index in [1.165, 1.54) is 6.07 Å². The standard InChI is InChI=1S/C29H24BrClFN5O2/c1-16-11-25(38)21-14-18(7-10-23(21)34-16)26-27(31)37-28(36-26)24(12-17-5-3-2-4-6-17)35-29(39)33-15-19-13-20(30)8-9-22(19)32/h2-11,13-14,24,34,38H,1,12,15H2,(H,36,37)(H2,33,35,39)/t24-/m0/s1. The summed E-state index contributed by atoms with van der Waals surface area (Å²) in [5.74, 6) is 0.128. The van der Waals surface area contributed by atoms with E-state index in [1.807, 2.05) is 42.5 Å². The van der Waals surface area contributed by atoms with Crippen LogP contribution < -0.4 is 16.0 Å². The molecule has 1 aromatic heterocycles. The number of H-pyrrole nitrogens is 1. The van der Waals surface area contributed by atoms with Gasteiger partial charge in [0, 0.05) is 45.2 Å². The van der Waals surface area contributed by atoms with E-state index in [1.54, 1.807) is 24.3 Å². The third kappa shape index (κ3) is 6.16. The number of fused-ring (bicyclic) bond motifs is 1. The number of amides is 2. The molecule has 0 saturated heterocycles. The minimum Gasteiger partial charge on any atom is -0.507 e. The highest BCUT2D eigenvalue weighted by Crippen LogP contribution is 2.35. The Kier molecular flexibility index (Phi) is 7.72. The summed E-state index contributed by atoms with van der Waals surface area (Å²) in [6, 6.07) is 18.6. The van der Waals surface area contributed by atoms with Crippen LogP contribution in [0.3, 0.4) is 0 Å². The number of imidazole rings is 1. The van der Waals surface area contributed by atoms with Gasteiger partial charge in [0.2, 0.25) is 0 Å². The Hall–Kier alpha value is -4.08. The van der Waals surface area contributed by atoms with Crippen molar-refractivity contribution in [2.24, 2.45) is 0 Å². The Morgan fingerprint density at radius 3 is 2.74 bits per heavy atom. The molecule has 0 bridgehead atoms. The van der Waals surface area contributed by atoms with Crippen molar-refractivity contribution in [2.45, 2.75) is 19.0 Å². The number of hydrogen-bond acceptors (Lipinski definition) is 4. The van der Waals surface area contributed by atoms with Crippen LogP contribution >= 0.6 is 27.5 Å². The lowest BCUT2D eigenvalue weighted by Gasteiger charge is -2.18. The number of aromatic nitrogens is 2. The number of allylic oxidation sites excluding steroid dienone is 1. The number of nitrogens with one attached hydrogen (secondary N) is 4. The first kappa shape index (κ1) is 26.5. The van der Waals surface area contributed by atoms with Crippen LogP contribution in [-0.2, 0) is 13.0 Å². The Bertz CT molecular complexity index is 1590. The van der Waals surface area contributed by atoms with Crippen molar-refractivity contribution in [2.75, 3.05) is 5.32 Å². The Labute approximate surface area is 238 Å². The zero-order chi connectivity index (χ0) is 27.5. The Morgan fingerprint density at radius 1 is 1.15 bits per heavy atom. The van der Waals surface area contributed by atoms with Crippen molar-refractivity contribution < 1.29 is 14.3 Å². The van der Waals surface area contributed by atoms with Gasteiger partial charge in [0.15, 0.2) is 0 Å². The fraction of sp³-hybridized carbons (Fsp3) is 0.103. The van der Waals surface area contributed by atoms with Gasteiger partial charge in [0.05, 0.1) is 6.04 Å². The minimum absolute atomic E-state index is 0.00587. The van der Waals surface area contributed by atoms with Gasteiger partial charge in [-0.3, -0.25) is 0 Å².